The van der Waals surface area contributed by atoms with Gasteiger partial charge < -0.3 is 10.4 Å². The normalized spacial score (nSPS) is 10.2. The number of aromatic carboxylic acids is 1. The minimum atomic E-state index is -1.06. The first-order chi connectivity index (χ1) is 8.99. The van der Waals surface area contributed by atoms with E-state index in [1.165, 1.54) is 0 Å². The second kappa shape index (κ2) is 5.89. The number of hydrogen-bond donors (Lipinski definition) is 2. The van der Waals surface area contributed by atoms with Gasteiger partial charge >= 0.3 is 5.97 Å². The van der Waals surface area contributed by atoms with Crippen LogP contribution < -0.4 is 5.32 Å². The molecule has 0 fully saturated rings. The highest BCUT2D eigenvalue weighted by atomic mass is 127. The van der Waals surface area contributed by atoms with Gasteiger partial charge in [-0.25, -0.2) is 4.79 Å². The molecular weight excluding hydrogens is 401 g/mol. The fourth-order valence-electron chi connectivity index (χ4n) is 1.43. The van der Waals surface area contributed by atoms with Gasteiger partial charge in [0.2, 0.25) is 0 Å². The molecule has 2 aromatic rings. The van der Waals surface area contributed by atoms with E-state index < -0.39 is 5.97 Å². The van der Waals surface area contributed by atoms with E-state index in [0.29, 0.717) is 16.3 Å². The average molecular weight is 408 g/mol. The number of thiophene rings is 1. The zero-order valence-electron chi connectivity index (χ0n) is 9.31. The second-order valence-corrected chi connectivity index (χ2v) is 6.06. The van der Waals surface area contributed by atoms with E-state index >= 15 is 0 Å². The number of benzene rings is 1. The second-order valence-electron chi connectivity index (χ2n) is 3.55. The number of nitrogens with one attached hydrogen (secondary N) is 1. The Morgan fingerprint density at radius 3 is 2.74 bits per heavy atom. The summed E-state index contributed by atoms with van der Waals surface area (Å²) in [5, 5.41) is 13.6. The number of amides is 1. The first kappa shape index (κ1) is 14.3. The van der Waals surface area contributed by atoms with Gasteiger partial charge in [-0.05, 0) is 52.2 Å². The minimum Gasteiger partial charge on any atom is -0.477 e. The molecule has 19 heavy (non-hydrogen) atoms. The van der Waals surface area contributed by atoms with Gasteiger partial charge in [0.25, 0.3) is 5.91 Å². The number of carbonyl (C=O) groups excluding carboxylic acids is 1. The van der Waals surface area contributed by atoms with Crippen LogP contribution in [0, 0.1) is 3.57 Å². The maximum atomic E-state index is 12.1. The van der Waals surface area contributed by atoms with Crippen LogP contribution in [-0.2, 0) is 0 Å². The zero-order valence-corrected chi connectivity index (χ0v) is 13.0. The quantitative estimate of drug-likeness (QED) is 0.757. The van der Waals surface area contributed by atoms with E-state index in [4.69, 9.17) is 16.7 Å². The molecule has 98 valence electrons. The molecule has 0 aliphatic heterocycles. The van der Waals surface area contributed by atoms with Crippen molar-refractivity contribution in [2.45, 2.75) is 0 Å². The summed E-state index contributed by atoms with van der Waals surface area (Å²) < 4.78 is 0.742. The molecule has 0 saturated heterocycles. The van der Waals surface area contributed by atoms with Gasteiger partial charge in [0.15, 0.2) is 0 Å². The molecule has 4 nitrogen and oxygen atoms in total. The van der Waals surface area contributed by atoms with Gasteiger partial charge in [-0.2, -0.15) is 0 Å². The van der Waals surface area contributed by atoms with Gasteiger partial charge in [0, 0.05) is 8.59 Å². The Bertz CT molecular complexity index is 656. The number of carboxylic acids is 1. The van der Waals surface area contributed by atoms with Crippen molar-refractivity contribution >= 4 is 63.1 Å². The van der Waals surface area contributed by atoms with Crippen molar-refractivity contribution in [3.63, 3.8) is 0 Å². The number of carbonyl (C=O) groups is 2. The molecule has 0 radical (unpaired) electrons. The fraction of sp³-hybridized carbons (Fsp3) is 0. The minimum absolute atomic E-state index is 0.102. The summed E-state index contributed by atoms with van der Waals surface area (Å²) >= 11 is 8.93. The predicted molar refractivity (Wildman–Crippen MR) is 83.4 cm³/mol. The van der Waals surface area contributed by atoms with E-state index in [-0.39, 0.29) is 10.8 Å². The van der Waals surface area contributed by atoms with E-state index in [9.17, 15) is 9.59 Å². The molecular formula is C12H7ClINO3S. The lowest BCUT2D eigenvalue weighted by atomic mass is 10.2. The van der Waals surface area contributed by atoms with Crippen LogP contribution in [0.4, 0.5) is 5.69 Å². The van der Waals surface area contributed by atoms with Crippen molar-refractivity contribution in [2.24, 2.45) is 0 Å². The molecule has 1 aromatic heterocycles. The molecule has 1 amide bonds. The Morgan fingerprint density at radius 1 is 1.32 bits per heavy atom. The molecule has 1 aromatic carbocycles. The highest BCUT2D eigenvalue weighted by Crippen LogP contribution is 2.24. The van der Waals surface area contributed by atoms with E-state index in [1.807, 2.05) is 22.6 Å². The Morgan fingerprint density at radius 2 is 2.05 bits per heavy atom. The summed E-state index contributed by atoms with van der Waals surface area (Å²) in [6, 6.07) is 6.52. The van der Waals surface area contributed by atoms with Gasteiger partial charge in [-0.15, -0.1) is 11.3 Å². The first-order valence-electron chi connectivity index (χ1n) is 5.06. The molecule has 0 atom stereocenters. The first-order valence-corrected chi connectivity index (χ1v) is 7.40. The van der Waals surface area contributed by atoms with Crippen LogP contribution in [0.3, 0.4) is 0 Å². The van der Waals surface area contributed by atoms with Crippen LogP contribution in [-0.4, -0.2) is 17.0 Å². The largest absolute Gasteiger partial charge is 0.477 e. The maximum absolute atomic E-state index is 12.1. The fourth-order valence-corrected chi connectivity index (χ4v) is 2.87. The number of halogens is 2. The predicted octanol–water partition coefficient (Wildman–Crippen LogP) is 3.96. The summed E-state index contributed by atoms with van der Waals surface area (Å²) in [5.74, 6) is -1.45. The van der Waals surface area contributed by atoms with Gasteiger partial charge in [-0.3, -0.25) is 4.79 Å². The van der Waals surface area contributed by atoms with Crippen molar-refractivity contribution in [1.82, 2.24) is 0 Å². The third-order valence-corrected chi connectivity index (χ3v) is 4.36. The molecule has 7 heteroatoms. The lowest BCUT2D eigenvalue weighted by molar-refractivity contribution is 0.0703. The number of rotatable bonds is 3. The van der Waals surface area contributed by atoms with Crippen LogP contribution in [0.2, 0.25) is 5.02 Å². The monoisotopic (exact) mass is 407 g/mol. The number of anilines is 1. The molecule has 0 aliphatic rings. The summed E-state index contributed by atoms with van der Waals surface area (Å²) in [6.07, 6.45) is 0. The topological polar surface area (TPSA) is 66.4 Å². The van der Waals surface area contributed by atoms with Gasteiger partial charge in [0.1, 0.15) is 4.88 Å². The number of carboxylic acid groups (broad SMARTS) is 1. The van der Waals surface area contributed by atoms with Crippen molar-refractivity contribution in [2.75, 3.05) is 5.32 Å². The molecule has 0 bridgehead atoms. The van der Waals surface area contributed by atoms with Gasteiger partial charge in [-0.1, -0.05) is 11.6 Å². The van der Waals surface area contributed by atoms with E-state index in [2.05, 4.69) is 5.32 Å². The summed E-state index contributed by atoms with van der Waals surface area (Å²) in [6.45, 7) is 0. The van der Waals surface area contributed by atoms with Crippen molar-refractivity contribution in [3.05, 3.63) is 48.7 Å². The van der Waals surface area contributed by atoms with Crippen LogP contribution in [0.25, 0.3) is 0 Å². The molecule has 1 heterocycles. The van der Waals surface area contributed by atoms with Gasteiger partial charge in [0.05, 0.1) is 11.3 Å². The smallest absolute Gasteiger partial charge is 0.348 e. The molecule has 0 aliphatic carbocycles. The number of hydrogen-bond acceptors (Lipinski definition) is 3. The average Bonchev–Trinajstić information content (AvgIpc) is 2.80. The Labute approximate surface area is 131 Å². The van der Waals surface area contributed by atoms with Crippen LogP contribution in [0.5, 0.6) is 0 Å². The molecule has 2 N–H and O–H groups in total. The Kier molecular flexibility index (Phi) is 4.43. The van der Waals surface area contributed by atoms with Crippen molar-refractivity contribution in [3.8, 4) is 0 Å². The highest BCUT2D eigenvalue weighted by Gasteiger charge is 2.16. The Hall–Kier alpha value is -1.12. The summed E-state index contributed by atoms with van der Waals surface area (Å²) in [7, 11) is 0. The van der Waals surface area contributed by atoms with Crippen molar-refractivity contribution in [1.29, 1.82) is 0 Å². The highest BCUT2D eigenvalue weighted by molar-refractivity contribution is 14.1. The zero-order chi connectivity index (χ0) is 14.0. The van der Waals surface area contributed by atoms with E-state index in [1.54, 1.807) is 29.6 Å². The van der Waals surface area contributed by atoms with Crippen LogP contribution in [0.15, 0.2) is 29.6 Å². The van der Waals surface area contributed by atoms with E-state index in [0.717, 1.165) is 14.9 Å². The summed E-state index contributed by atoms with van der Waals surface area (Å²) in [4.78, 5) is 23.2. The SMILES string of the molecule is O=C(Nc1ccsc1C(=O)O)c1cc(Cl)ccc1I. The maximum Gasteiger partial charge on any atom is 0.348 e. The third kappa shape index (κ3) is 3.26. The Balaban J connectivity index is 2.28. The lowest BCUT2D eigenvalue weighted by Crippen LogP contribution is -2.14. The molecule has 2 rings (SSSR count). The molecule has 0 spiro atoms. The lowest BCUT2D eigenvalue weighted by Gasteiger charge is -2.06. The molecule has 0 saturated carbocycles. The standard InChI is InChI=1S/C12H7ClINO3S/c13-6-1-2-8(14)7(5-6)11(16)15-9-3-4-19-10(9)12(17)18/h1-5H,(H,15,16)(H,17,18). The van der Waals surface area contributed by atoms with Crippen LogP contribution >= 0.6 is 45.5 Å². The van der Waals surface area contributed by atoms with Crippen LogP contribution in [0.1, 0.15) is 20.0 Å². The molecule has 0 unspecified atom stereocenters. The third-order valence-electron chi connectivity index (χ3n) is 2.28. The van der Waals surface area contributed by atoms with Crippen molar-refractivity contribution < 1.29 is 14.7 Å². The summed E-state index contributed by atoms with van der Waals surface area (Å²) in [5.41, 5.74) is 0.703.